The number of amides is 1. The molecule has 196 valence electrons. The largest absolute Gasteiger partial charge is 0.411 e. The Labute approximate surface area is 215 Å². The second-order valence-corrected chi connectivity index (χ2v) is 12.7. The maximum absolute atomic E-state index is 14.5. The number of sulfone groups is 1. The Morgan fingerprint density at radius 2 is 1.69 bits per heavy atom. The van der Waals surface area contributed by atoms with Crippen LogP contribution in [-0.2, 0) is 21.1 Å². The van der Waals surface area contributed by atoms with Crippen molar-refractivity contribution in [3.63, 3.8) is 0 Å². The zero-order valence-electron chi connectivity index (χ0n) is 20.5. The van der Waals surface area contributed by atoms with Crippen molar-refractivity contribution >= 4 is 32.9 Å². The molecule has 0 bridgehead atoms. The number of hydrogen-bond acceptors (Lipinski definition) is 3. The topological polar surface area (TPSA) is 63.2 Å². The molecule has 4 nitrogen and oxygen atoms in total. The first-order chi connectivity index (χ1) is 16.7. The molecule has 0 radical (unpaired) electrons. The molecule has 2 aromatic carbocycles. The van der Waals surface area contributed by atoms with Crippen LogP contribution in [0.2, 0.25) is 0 Å². The molecule has 1 aliphatic rings. The summed E-state index contributed by atoms with van der Waals surface area (Å²) in [6.45, 7) is 5.33. The Bertz CT molecular complexity index is 1210. The fourth-order valence-corrected chi connectivity index (χ4v) is 6.23. The molecule has 0 spiro atoms. The number of hydrogen-bond donors (Lipinski definition) is 1. The van der Waals surface area contributed by atoms with Gasteiger partial charge in [0.05, 0.1) is 17.1 Å². The molecule has 9 heteroatoms. The molecule has 3 rings (SSSR count). The molecule has 2 atom stereocenters. The number of allylic oxidation sites excluding steroid dienone is 1. The molecule has 0 heterocycles. The summed E-state index contributed by atoms with van der Waals surface area (Å²) in [6.07, 6.45) is -3.31. The van der Waals surface area contributed by atoms with Crippen LogP contribution in [0.1, 0.15) is 51.2 Å². The van der Waals surface area contributed by atoms with E-state index in [0.29, 0.717) is 17.5 Å². The highest BCUT2D eigenvalue weighted by atomic mass is 35.5. The van der Waals surface area contributed by atoms with Crippen molar-refractivity contribution in [2.24, 2.45) is 5.92 Å². The van der Waals surface area contributed by atoms with Crippen LogP contribution in [0.25, 0.3) is 5.57 Å². The Kier molecular flexibility index (Phi) is 8.30. The Balaban J connectivity index is 1.91. The van der Waals surface area contributed by atoms with Crippen molar-refractivity contribution in [1.29, 1.82) is 0 Å². The number of halogens is 4. The van der Waals surface area contributed by atoms with Gasteiger partial charge >= 0.3 is 6.18 Å². The Morgan fingerprint density at radius 1 is 1.08 bits per heavy atom. The first kappa shape index (κ1) is 28.3. The summed E-state index contributed by atoms with van der Waals surface area (Å²) in [6, 6.07) is 14.2. The number of rotatable bonds is 8. The van der Waals surface area contributed by atoms with Gasteiger partial charge < -0.3 is 5.32 Å². The van der Waals surface area contributed by atoms with Gasteiger partial charge in [0.25, 0.3) is 0 Å². The third-order valence-corrected chi connectivity index (χ3v) is 8.77. The van der Waals surface area contributed by atoms with Gasteiger partial charge in [-0.3, -0.25) is 4.79 Å². The summed E-state index contributed by atoms with van der Waals surface area (Å²) >= 11 is 6.44. The van der Waals surface area contributed by atoms with Gasteiger partial charge in [0.2, 0.25) is 5.91 Å². The maximum Gasteiger partial charge on any atom is 0.411 e. The number of carbonyl (C=O) groups is 1. The standard InChI is InChI=1S/C27H31ClF3NO3S/c1-4-36(34,35)22-12-10-20(11-13-22)16-24(33)32-25(17-19(2)3)15-14-23(21-8-6-5-7-9-21)26(28,18-25)27(29,30)31/h5-14,19H,4,15-18H2,1-3H3,(H,32,33). The van der Waals surface area contributed by atoms with Crippen LogP contribution in [0.4, 0.5) is 13.2 Å². The number of nitrogens with one attached hydrogen (secondary N) is 1. The van der Waals surface area contributed by atoms with Gasteiger partial charge in [0, 0.05) is 12.0 Å². The SMILES string of the molecule is CCS(=O)(=O)c1ccc(CC(=O)NC2(CC(C)C)CC=C(c3ccccc3)C(Cl)(C(F)(F)F)C2)cc1. The number of carbonyl (C=O) groups excluding carboxylic acids is 1. The van der Waals surface area contributed by atoms with Crippen molar-refractivity contribution in [2.45, 2.75) is 67.9 Å². The van der Waals surface area contributed by atoms with Gasteiger partial charge in [0.1, 0.15) is 0 Å². The molecular weight excluding hydrogens is 511 g/mol. The molecule has 36 heavy (non-hydrogen) atoms. The Hall–Kier alpha value is -2.32. The molecule has 0 fully saturated rings. The van der Waals surface area contributed by atoms with Gasteiger partial charge in [-0.05, 0) is 47.6 Å². The van der Waals surface area contributed by atoms with E-state index in [2.05, 4.69) is 5.32 Å². The van der Waals surface area contributed by atoms with Crippen LogP contribution >= 0.6 is 11.6 Å². The lowest BCUT2D eigenvalue weighted by Gasteiger charge is -2.47. The van der Waals surface area contributed by atoms with E-state index in [-0.39, 0.29) is 35.0 Å². The van der Waals surface area contributed by atoms with E-state index in [1.165, 1.54) is 18.2 Å². The van der Waals surface area contributed by atoms with E-state index in [1.54, 1.807) is 49.4 Å². The molecule has 1 N–H and O–H groups in total. The quantitative estimate of drug-likeness (QED) is 0.397. The molecule has 0 aliphatic heterocycles. The molecule has 2 unspecified atom stereocenters. The fourth-order valence-electron chi connectivity index (χ4n) is 4.90. The normalized spacial score (nSPS) is 22.8. The van der Waals surface area contributed by atoms with Gasteiger partial charge in [-0.1, -0.05) is 69.3 Å². The summed E-state index contributed by atoms with van der Waals surface area (Å²) in [5.41, 5.74) is -0.228. The van der Waals surface area contributed by atoms with Gasteiger partial charge in [-0.25, -0.2) is 8.42 Å². The predicted molar refractivity (Wildman–Crippen MR) is 136 cm³/mol. The van der Waals surface area contributed by atoms with E-state index in [9.17, 15) is 26.4 Å². The summed E-state index contributed by atoms with van der Waals surface area (Å²) in [5.74, 6) is -0.480. The highest BCUT2D eigenvalue weighted by Gasteiger charge is 2.61. The molecule has 0 saturated carbocycles. The number of alkyl halides is 4. The van der Waals surface area contributed by atoms with Crippen molar-refractivity contribution < 1.29 is 26.4 Å². The predicted octanol–water partition coefficient (Wildman–Crippen LogP) is 6.34. The first-order valence-electron chi connectivity index (χ1n) is 11.9. The van der Waals surface area contributed by atoms with Crippen molar-refractivity contribution in [2.75, 3.05) is 5.75 Å². The van der Waals surface area contributed by atoms with Crippen molar-refractivity contribution in [3.8, 4) is 0 Å². The summed E-state index contributed by atoms with van der Waals surface area (Å²) in [7, 11) is -3.37. The van der Waals surface area contributed by atoms with Crippen molar-refractivity contribution in [1.82, 2.24) is 5.32 Å². The van der Waals surface area contributed by atoms with E-state index in [4.69, 9.17) is 11.6 Å². The summed E-state index contributed by atoms with van der Waals surface area (Å²) in [5, 5.41) is 2.88. The fraction of sp³-hybridized carbons (Fsp3) is 0.444. The molecule has 0 aromatic heterocycles. The van der Waals surface area contributed by atoms with E-state index in [0.717, 1.165) is 0 Å². The third kappa shape index (κ3) is 6.14. The maximum atomic E-state index is 14.5. The van der Waals surface area contributed by atoms with Crippen LogP contribution in [0.5, 0.6) is 0 Å². The summed E-state index contributed by atoms with van der Waals surface area (Å²) < 4.78 is 67.4. The molecule has 1 aliphatic carbocycles. The zero-order chi connectivity index (χ0) is 26.8. The lowest BCUT2D eigenvalue weighted by atomic mass is 9.69. The second kappa shape index (κ2) is 10.6. The first-order valence-corrected chi connectivity index (χ1v) is 13.9. The highest BCUT2D eigenvalue weighted by molar-refractivity contribution is 7.91. The molecule has 2 aromatic rings. The van der Waals surface area contributed by atoms with Gasteiger partial charge in [-0.2, -0.15) is 13.2 Å². The van der Waals surface area contributed by atoms with Gasteiger partial charge in [0.15, 0.2) is 14.7 Å². The minimum absolute atomic E-state index is 0.00128. The third-order valence-electron chi connectivity index (χ3n) is 6.47. The highest BCUT2D eigenvalue weighted by Crippen LogP contribution is 2.54. The monoisotopic (exact) mass is 541 g/mol. The van der Waals surface area contributed by atoms with Crippen LogP contribution in [-0.4, -0.2) is 36.7 Å². The minimum atomic E-state index is -4.75. The van der Waals surface area contributed by atoms with E-state index >= 15 is 0 Å². The van der Waals surface area contributed by atoms with Crippen LogP contribution < -0.4 is 5.32 Å². The van der Waals surface area contributed by atoms with E-state index in [1.807, 2.05) is 13.8 Å². The van der Waals surface area contributed by atoms with Gasteiger partial charge in [-0.15, -0.1) is 11.6 Å². The van der Waals surface area contributed by atoms with Crippen molar-refractivity contribution in [3.05, 3.63) is 71.8 Å². The molecular formula is C27H31ClF3NO3S. The molecule has 1 amide bonds. The van der Waals surface area contributed by atoms with E-state index < -0.39 is 38.8 Å². The van der Waals surface area contributed by atoms with Crippen LogP contribution in [0, 0.1) is 5.92 Å². The zero-order valence-corrected chi connectivity index (χ0v) is 22.1. The lowest BCUT2D eigenvalue weighted by Crippen LogP contribution is -2.58. The average molecular weight is 542 g/mol. The smallest absolute Gasteiger partial charge is 0.350 e. The van der Waals surface area contributed by atoms with Crippen LogP contribution in [0.3, 0.4) is 0 Å². The number of benzene rings is 2. The minimum Gasteiger partial charge on any atom is -0.350 e. The molecule has 0 saturated heterocycles. The Morgan fingerprint density at radius 3 is 2.22 bits per heavy atom. The van der Waals surface area contributed by atoms with Crippen LogP contribution in [0.15, 0.2) is 65.6 Å². The average Bonchev–Trinajstić information content (AvgIpc) is 2.78. The second-order valence-electron chi connectivity index (χ2n) is 9.81. The summed E-state index contributed by atoms with van der Waals surface area (Å²) in [4.78, 5) is 10.5. The lowest BCUT2D eigenvalue weighted by molar-refractivity contribution is -0.155.